The molecule has 0 unspecified atom stereocenters. The molecule has 0 atom stereocenters. The normalized spacial score (nSPS) is 10.7. The van der Waals surface area contributed by atoms with E-state index in [4.69, 9.17) is 11.6 Å². The summed E-state index contributed by atoms with van der Waals surface area (Å²) in [6, 6.07) is 9.05. The van der Waals surface area contributed by atoms with E-state index in [9.17, 15) is 4.79 Å². The zero-order valence-corrected chi connectivity index (χ0v) is 15.0. The van der Waals surface area contributed by atoms with Crippen LogP contribution >= 0.6 is 11.6 Å². The molecule has 1 amide bonds. The molecule has 2 N–H and O–H groups in total. The van der Waals surface area contributed by atoms with Crippen molar-refractivity contribution in [2.45, 2.75) is 33.7 Å². The van der Waals surface area contributed by atoms with Gasteiger partial charge in [0.05, 0.1) is 0 Å². The molecule has 24 heavy (non-hydrogen) atoms. The summed E-state index contributed by atoms with van der Waals surface area (Å²) in [5, 5.41) is 6.78. The van der Waals surface area contributed by atoms with Gasteiger partial charge in [-0.05, 0) is 37.0 Å². The van der Waals surface area contributed by atoms with Crippen molar-refractivity contribution in [3.05, 3.63) is 52.4 Å². The molecule has 1 aromatic heterocycles. The van der Waals surface area contributed by atoms with Crippen molar-refractivity contribution in [2.24, 2.45) is 5.92 Å². The number of hydrogen-bond acceptors (Lipinski definition) is 4. The summed E-state index contributed by atoms with van der Waals surface area (Å²) in [6.45, 7) is 7.36. The van der Waals surface area contributed by atoms with Gasteiger partial charge in [-0.15, -0.1) is 0 Å². The molecular weight excluding hydrogens is 324 g/mol. The Kier molecular flexibility index (Phi) is 6.55. The number of nitrogens with zero attached hydrogens (tertiary/aromatic N) is 2. The minimum Gasteiger partial charge on any atom is -0.370 e. The van der Waals surface area contributed by atoms with Crippen LogP contribution in [0.3, 0.4) is 0 Å². The van der Waals surface area contributed by atoms with E-state index in [1.807, 2.05) is 12.1 Å². The fraction of sp³-hybridized carbons (Fsp3) is 0.389. The summed E-state index contributed by atoms with van der Waals surface area (Å²) >= 11 is 5.85. The second-order valence-electron chi connectivity index (χ2n) is 6.10. The average molecular weight is 347 g/mol. The van der Waals surface area contributed by atoms with Crippen LogP contribution in [0.25, 0.3) is 0 Å². The molecule has 0 bridgehead atoms. The molecule has 2 rings (SSSR count). The number of carbonyl (C=O) groups excluding carboxylic acids is 1. The monoisotopic (exact) mass is 346 g/mol. The molecule has 0 spiro atoms. The van der Waals surface area contributed by atoms with Gasteiger partial charge in [-0.3, -0.25) is 4.79 Å². The molecule has 6 heteroatoms. The number of anilines is 1. The number of benzene rings is 1. The zero-order chi connectivity index (χ0) is 17.5. The van der Waals surface area contributed by atoms with Crippen molar-refractivity contribution in [1.29, 1.82) is 0 Å². The minimum atomic E-state index is -0.220. The summed E-state index contributed by atoms with van der Waals surface area (Å²) in [6.07, 6.45) is 1.04. The lowest BCUT2D eigenvalue weighted by Crippen LogP contribution is -2.24. The van der Waals surface area contributed by atoms with Gasteiger partial charge in [0.2, 0.25) is 0 Å². The van der Waals surface area contributed by atoms with Crippen LogP contribution in [-0.2, 0) is 6.54 Å². The molecule has 5 nitrogen and oxygen atoms in total. The van der Waals surface area contributed by atoms with Gasteiger partial charge in [0, 0.05) is 24.2 Å². The fourth-order valence-corrected chi connectivity index (χ4v) is 2.26. The second kappa shape index (κ2) is 8.64. The lowest BCUT2D eigenvalue weighted by Gasteiger charge is -2.10. The molecule has 0 fully saturated rings. The van der Waals surface area contributed by atoms with Crippen molar-refractivity contribution >= 4 is 23.3 Å². The van der Waals surface area contributed by atoms with E-state index >= 15 is 0 Å². The van der Waals surface area contributed by atoms with E-state index < -0.39 is 0 Å². The van der Waals surface area contributed by atoms with Crippen molar-refractivity contribution in [2.75, 3.05) is 11.9 Å². The lowest BCUT2D eigenvalue weighted by atomic mass is 10.1. The number of nitrogens with one attached hydrogen (secondary N) is 2. The second-order valence-corrected chi connectivity index (χ2v) is 6.54. The molecule has 128 valence electrons. The Balaban J connectivity index is 1.97. The third kappa shape index (κ3) is 5.81. The van der Waals surface area contributed by atoms with E-state index in [0.717, 1.165) is 18.5 Å². The first-order valence-corrected chi connectivity index (χ1v) is 8.44. The summed E-state index contributed by atoms with van der Waals surface area (Å²) in [5.41, 5.74) is 1.34. The van der Waals surface area contributed by atoms with Gasteiger partial charge in [-0.1, -0.05) is 37.6 Å². The molecular formula is C18H23ClN4O. The van der Waals surface area contributed by atoms with Crippen molar-refractivity contribution in [3.63, 3.8) is 0 Å². The Morgan fingerprint density at radius 3 is 2.58 bits per heavy atom. The Bertz CT molecular complexity index is 686. The maximum Gasteiger partial charge on any atom is 0.270 e. The Hall–Kier alpha value is -2.14. The summed E-state index contributed by atoms with van der Waals surface area (Å²) < 4.78 is 0. The Labute approximate surface area is 147 Å². The lowest BCUT2D eigenvalue weighted by molar-refractivity contribution is 0.0945. The number of halogens is 1. The van der Waals surface area contributed by atoms with Crippen molar-refractivity contribution in [1.82, 2.24) is 15.3 Å². The highest BCUT2D eigenvalue weighted by atomic mass is 35.5. The number of carbonyl (C=O) groups is 1. The molecule has 0 aliphatic heterocycles. The van der Waals surface area contributed by atoms with E-state index in [0.29, 0.717) is 34.8 Å². The Morgan fingerprint density at radius 1 is 1.21 bits per heavy atom. The summed E-state index contributed by atoms with van der Waals surface area (Å²) in [7, 11) is 0. The molecule has 0 saturated carbocycles. The van der Waals surface area contributed by atoms with Crippen LogP contribution in [0.15, 0.2) is 30.3 Å². The topological polar surface area (TPSA) is 66.9 Å². The number of rotatable bonds is 7. The summed E-state index contributed by atoms with van der Waals surface area (Å²) in [4.78, 5) is 20.9. The first kappa shape index (κ1) is 18.2. The molecule has 1 aromatic carbocycles. The fourth-order valence-electron chi connectivity index (χ4n) is 2.14. The SMILES string of the molecule is Cc1nc(NCCC(C)C)cc(C(=O)NCc2ccc(Cl)cc2)n1. The van der Waals surface area contributed by atoms with Crippen LogP contribution in [0.1, 0.15) is 42.1 Å². The maximum absolute atomic E-state index is 12.3. The molecule has 0 radical (unpaired) electrons. The number of amides is 1. The van der Waals surface area contributed by atoms with Gasteiger partial charge in [0.1, 0.15) is 17.3 Å². The van der Waals surface area contributed by atoms with Gasteiger partial charge in [0.15, 0.2) is 0 Å². The van der Waals surface area contributed by atoms with Gasteiger partial charge >= 0.3 is 0 Å². The zero-order valence-electron chi connectivity index (χ0n) is 14.3. The molecule has 1 heterocycles. The molecule has 0 aliphatic carbocycles. The van der Waals surface area contributed by atoms with Gasteiger partial charge in [0.25, 0.3) is 5.91 Å². The Morgan fingerprint density at radius 2 is 1.92 bits per heavy atom. The smallest absolute Gasteiger partial charge is 0.270 e. The first-order chi connectivity index (χ1) is 11.4. The maximum atomic E-state index is 12.3. The third-order valence-corrected chi connectivity index (χ3v) is 3.72. The van der Waals surface area contributed by atoms with E-state index in [1.54, 1.807) is 25.1 Å². The average Bonchev–Trinajstić information content (AvgIpc) is 2.53. The molecule has 2 aromatic rings. The van der Waals surface area contributed by atoms with Crippen LogP contribution in [0.5, 0.6) is 0 Å². The predicted molar refractivity (Wildman–Crippen MR) is 97.3 cm³/mol. The van der Waals surface area contributed by atoms with E-state index in [1.165, 1.54) is 0 Å². The van der Waals surface area contributed by atoms with E-state index in [-0.39, 0.29) is 5.91 Å². The van der Waals surface area contributed by atoms with Crippen LogP contribution in [0.4, 0.5) is 5.82 Å². The summed E-state index contributed by atoms with van der Waals surface area (Å²) in [5.74, 6) is 1.64. The standard InChI is InChI=1S/C18H23ClN4O/c1-12(2)8-9-20-17-10-16(22-13(3)23-17)18(24)21-11-14-4-6-15(19)7-5-14/h4-7,10,12H,8-9,11H2,1-3H3,(H,21,24)(H,20,22,23). The van der Waals surface area contributed by atoms with Crippen LogP contribution < -0.4 is 10.6 Å². The molecule has 0 saturated heterocycles. The van der Waals surface area contributed by atoms with E-state index in [2.05, 4.69) is 34.4 Å². The minimum absolute atomic E-state index is 0.220. The highest BCUT2D eigenvalue weighted by molar-refractivity contribution is 6.30. The molecule has 0 aliphatic rings. The third-order valence-electron chi connectivity index (χ3n) is 3.46. The van der Waals surface area contributed by atoms with Crippen molar-refractivity contribution < 1.29 is 4.79 Å². The number of hydrogen-bond donors (Lipinski definition) is 2. The van der Waals surface area contributed by atoms with Crippen LogP contribution in [0.2, 0.25) is 5.02 Å². The van der Waals surface area contributed by atoms with Gasteiger partial charge in [-0.2, -0.15) is 0 Å². The predicted octanol–water partition coefficient (Wildman–Crippen LogP) is 3.83. The first-order valence-electron chi connectivity index (χ1n) is 8.06. The highest BCUT2D eigenvalue weighted by Crippen LogP contribution is 2.11. The van der Waals surface area contributed by atoms with Crippen LogP contribution in [0, 0.1) is 12.8 Å². The number of aryl methyl sites for hydroxylation is 1. The van der Waals surface area contributed by atoms with Crippen LogP contribution in [-0.4, -0.2) is 22.4 Å². The quantitative estimate of drug-likeness (QED) is 0.799. The highest BCUT2D eigenvalue weighted by Gasteiger charge is 2.10. The van der Waals surface area contributed by atoms with Crippen molar-refractivity contribution in [3.8, 4) is 0 Å². The number of aromatic nitrogens is 2. The van der Waals surface area contributed by atoms with Gasteiger partial charge < -0.3 is 10.6 Å². The van der Waals surface area contributed by atoms with Gasteiger partial charge in [-0.25, -0.2) is 9.97 Å². The largest absolute Gasteiger partial charge is 0.370 e.